The van der Waals surface area contributed by atoms with Gasteiger partial charge in [-0.3, -0.25) is 4.79 Å². The molecule has 0 bridgehead atoms. The van der Waals surface area contributed by atoms with Crippen LogP contribution in [0.15, 0.2) is 59.5 Å². The molecule has 1 unspecified atom stereocenters. The van der Waals surface area contributed by atoms with E-state index in [-0.39, 0.29) is 29.8 Å². The average molecular weight is 462 g/mol. The summed E-state index contributed by atoms with van der Waals surface area (Å²) in [4.78, 5) is 24.4. The Bertz CT molecular complexity index is 1020. The molecule has 2 amide bonds. The summed E-state index contributed by atoms with van der Waals surface area (Å²) < 4.78 is 32.7. The van der Waals surface area contributed by atoms with Gasteiger partial charge in [-0.25, -0.2) is 17.9 Å². The van der Waals surface area contributed by atoms with E-state index >= 15 is 0 Å². The first-order valence-electron chi connectivity index (χ1n) is 10.4. The second kappa shape index (κ2) is 11.1. The van der Waals surface area contributed by atoms with E-state index in [0.717, 1.165) is 5.56 Å². The number of carbonyl (C=O) groups is 2. The Balaban J connectivity index is 1.97. The molecule has 0 spiro atoms. The topological polar surface area (TPSA) is 114 Å². The summed E-state index contributed by atoms with van der Waals surface area (Å²) in [6.45, 7) is 7.20. The average Bonchev–Trinajstić information content (AvgIpc) is 2.71. The summed E-state index contributed by atoms with van der Waals surface area (Å²) in [5.74, 6) is -0.545. The zero-order valence-corrected chi connectivity index (χ0v) is 19.7. The van der Waals surface area contributed by atoms with Crippen molar-refractivity contribution in [1.82, 2.24) is 10.0 Å². The number of nitrogens with one attached hydrogen (secondary N) is 3. The van der Waals surface area contributed by atoms with Crippen molar-refractivity contribution in [3.05, 3.63) is 60.2 Å². The molecule has 0 aliphatic rings. The van der Waals surface area contributed by atoms with Gasteiger partial charge in [-0.1, -0.05) is 43.3 Å². The molecule has 0 aliphatic carbocycles. The number of hydrogen-bond acceptors (Lipinski definition) is 5. The minimum absolute atomic E-state index is 0.00984. The van der Waals surface area contributed by atoms with Crippen LogP contribution < -0.4 is 15.4 Å². The highest BCUT2D eigenvalue weighted by Gasteiger charge is 2.20. The summed E-state index contributed by atoms with van der Waals surface area (Å²) >= 11 is 0. The number of carbonyl (C=O) groups excluding carboxylic acids is 2. The molecule has 32 heavy (non-hydrogen) atoms. The van der Waals surface area contributed by atoms with Crippen molar-refractivity contribution in [1.29, 1.82) is 0 Å². The van der Waals surface area contributed by atoms with E-state index in [0.29, 0.717) is 12.1 Å². The monoisotopic (exact) mass is 461 g/mol. The third-order valence-electron chi connectivity index (χ3n) is 4.42. The molecular formula is C23H31N3O5S. The number of hydrogen-bond donors (Lipinski definition) is 3. The van der Waals surface area contributed by atoms with Gasteiger partial charge in [0.2, 0.25) is 15.9 Å². The Labute approximate surface area is 189 Å². The van der Waals surface area contributed by atoms with E-state index in [2.05, 4.69) is 15.4 Å². The smallest absolute Gasteiger partial charge is 0.407 e. The summed E-state index contributed by atoms with van der Waals surface area (Å²) in [6.07, 6.45) is -0.00894. The van der Waals surface area contributed by atoms with E-state index in [1.54, 1.807) is 32.9 Å². The van der Waals surface area contributed by atoms with Crippen molar-refractivity contribution in [3.63, 3.8) is 0 Å². The summed E-state index contributed by atoms with van der Waals surface area (Å²) in [5, 5.41) is 5.29. The summed E-state index contributed by atoms with van der Waals surface area (Å²) in [6, 6.07) is 15.5. The Hall–Kier alpha value is -2.91. The van der Waals surface area contributed by atoms with Crippen LogP contribution in [0, 0.1) is 0 Å². The van der Waals surface area contributed by atoms with Crippen LogP contribution in [0.25, 0.3) is 0 Å². The predicted octanol–water partition coefficient (Wildman–Crippen LogP) is 3.62. The molecule has 0 saturated heterocycles. The fourth-order valence-electron chi connectivity index (χ4n) is 2.98. The molecule has 0 aliphatic heterocycles. The minimum atomic E-state index is -3.82. The van der Waals surface area contributed by atoms with Crippen molar-refractivity contribution >= 4 is 27.7 Å². The van der Waals surface area contributed by atoms with Crippen molar-refractivity contribution in [2.24, 2.45) is 0 Å². The van der Waals surface area contributed by atoms with Crippen LogP contribution in [0.3, 0.4) is 0 Å². The lowest BCUT2D eigenvalue weighted by Crippen LogP contribution is -2.37. The molecular weight excluding hydrogens is 430 g/mol. The zero-order chi connectivity index (χ0) is 23.8. The van der Waals surface area contributed by atoms with Crippen LogP contribution in [0.5, 0.6) is 0 Å². The maximum Gasteiger partial charge on any atom is 0.407 e. The maximum atomic E-state index is 12.8. The number of alkyl carbamates (subject to hydrolysis) is 1. The van der Waals surface area contributed by atoms with Gasteiger partial charge in [0.25, 0.3) is 0 Å². The fraction of sp³-hybridized carbons (Fsp3) is 0.391. The summed E-state index contributed by atoms with van der Waals surface area (Å²) in [5.41, 5.74) is 0.653. The van der Waals surface area contributed by atoms with Crippen molar-refractivity contribution in [2.75, 3.05) is 18.4 Å². The zero-order valence-electron chi connectivity index (χ0n) is 18.8. The summed E-state index contributed by atoms with van der Waals surface area (Å²) in [7, 11) is -3.82. The van der Waals surface area contributed by atoms with Gasteiger partial charge in [0.05, 0.1) is 10.8 Å². The van der Waals surface area contributed by atoms with Crippen molar-refractivity contribution in [2.45, 2.75) is 50.5 Å². The van der Waals surface area contributed by atoms with Crippen LogP contribution in [0.1, 0.15) is 45.6 Å². The van der Waals surface area contributed by atoms with Crippen LogP contribution in [-0.4, -0.2) is 39.1 Å². The van der Waals surface area contributed by atoms with Gasteiger partial charge in [0, 0.05) is 18.8 Å². The minimum Gasteiger partial charge on any atom is -0.444 e. The highest BCUT2D eigenvalue weighted by atomic mass is 32.2. The molecule has 0 saturated carbocycles. The Morgan fingerprint density at radius 2 is 1.69 bits per heavy atom. The lowest BCUT2D eigenvalue weighted by Gasteiger charge is -2.19. The van der Waals surface area contributed by atoms with Gasteiger partial charge in [-0.15, -0.1) is 0 Å². The lowest BCUT2D eigenvalue weighted by molar-refractivity contribution is -0.117. The predicted molar refractivity (Wildman–Crippen MR) is 124 cm³/mol. The first-order chi connectivity index (χ1) is 15.0. The first-order valence-corrected chi connectivity index (χ1v) is 11.9. The molecule has 0 radical (unpaired) electrons. The van der Waals surface area contributed by atoms with E-state index in [1.807, 2.05) is 37.3 Å². The maximum absolute atomic E-state index is 12.8. The van der Waals surface area contributed by atoms with Crippen LogP contribution >= 0.6 is 0 Å². The second-order valence-electron chi connectivity index (χ2n) is 8.22. The number of benzene rings is 2. The fourth-order valence-corrected chi connectivity index (χ4v) is 4.05. The van der Waals surface area contributed by atoms with E-state index in [4.69, 9.17) is 4.74 Å². The Morgan fingerprint density at radius 1 is 1.00 bits per heavy atom. The standard InChI is InChI=1S/C23H31N3O5S/c1-5-20(17-10-7-6-8-11-17)21(27)26-18-12-9-13-19(16-18)32(29,30)25-15-14-24-22(28)31-23(2,3)4/h6-13,16,20,25H,5,14-15H2,1-4H3,(H,24,28)(H,26,27). The number of anilines is 1. The van der Waals surface area contributed by atoms with Crippen molar-refractivity contribution < 1.29 is 22.7 Å². The number of ether oxygens (including phenoxy) is 1. The third kappa shape index (κ3) is 7.97. The van der Waals surface area contributed by atoms with E-state index < -0.39 is 21.7 Å². The molecule has 9 heteroatoms. The van der Waals surface area contributed by atoms with Crippen LogP contribution in [0.4, 0.5) is 10.5 Å². The van der Waals surface area contributed by atoms with Gasteiger partial charge in [0.15, 0.2) is 0 Å². The Morgan fingerprint density at radius 3 is 2.31 bits per heavy atom. The molecule has 2 aromatic carbocycles. The number of rotatable bonds is 9. The van der Waals surface area contributed by atoms with Gasteiger partial charge in [-0.05, 0) is 51.0 Å². The van der Waals surface area contributed by atoms with Gasteiger partial charge in [0.1, 0.15) is 5.60 Å². The first kappa shape index (κ1) is 25.4. The van der Waals surface area contributed by atoms with E-state index in [9.17, 15) is 18.0 Å². The molecule has 2 aromatic rings. The number of amides is 2. The van der Waals surface area contributed by atoms with Crippen molar-refractivity contribution in [3.8, 4) is 0 Å². The number of sulfonamides is 1. The molecule has 0 fully saturated rings. The molecule has 0 heterocycles. The third-order valence-corrected chi connectivity index (χ3v) is 5.88. The molecule has 3 N–H and O–H groups in total. The Kier molecular flexibility index (Phi) is 8.80. The quantitative estimate of drug-likeness (QED) is 0.494. The van der Waals surface area contributed by atoms with Crippen LogP contribution in [0.2, 0.25) is 0 Å². The van der Waals surface area contributed by atoms with Gasteiger partial charge < -0.3 is 15.4 Å². The molecule has 2 rings (SSSR count). The normalized spacial score (nSPS) is 12.6. The largest absolute Gasteiger partial charge is 0.444 e. The van der Waals surface area contributed by atoms with Gasteiger partial charge in [-0.2, -0.15) is 0 Å². The molecule has 8 nitrogen and oxygen atoms in total. The molecule has 174 valence electrons. The molecule has 1 atom stereocenters. The van der Waals surface area contributed by atoms with Crippen LogP contribution in [-0.2, 0) is 19.6 Å². The highest BCUT2D eigenvalue weighted by molar-refractivity contribution is 7.89. The molecule has 0 aromatic heterocycles. The van der Waals surface area contributed by atoms with E-state index in [1.165, 1.54) is 12.1 Å². The second-order valence-corrected chi connectivity index (χ2v) is 9.98. The highest BCUT2D eigenvalue weighted by Crippen LogP contribution is 2.22. The SMILES string of the molecule is CCC(C(=O)Nc1cccc(S(=O)(=O)NCCNC(=O)OC(C)(C)C)c1)c1ccccc1. The lowest BCUT2D eigenvalue weighted by atomic mass is 9.95. The van der Waals surface area contributed by atoms with Gasteiger partial charge >= 0.3 is 6.09 Å².